The van der Waals surface area contributed by atoms with Crippen molar-refractivity contribution in [3.8, 4) is 0 Å². The molecule has 0 amide bonds. The Bertz CT molecular complexity index is 307. The molecule has 0 saturated heterocycles. The molecule has 0 bridgehead atoms. The maximum Gasteiger partial charge on any atom is 0.0783 e. The van der Waals surface area contributed by atoms with Crippen LogP contribution in [0.2, 0.25) is 0 Å². The van der Waals surface area contributed by atoms with Crippen molar-refractivity contribution < 1.29 is 4.74 Å². The Morgan fingerprint density at radius 2 is 2.12 bits per heavy atom. The number of aromatic nitrogens is 3. The van der Waals surface area contributed by atoms with E-state index in [9.17, 15) is 0 Å². The summed E-state index contributed by atoms with van der Waals surface area (Å²) in [6.07, 6.45) is 4.86. The van der Waals surface area contributed by atoms with Crippen molar-refractivity contribution in [1.29, 1.82) is 0 Å². The van der Waals surface area contributed by atoms with Crippen molar-refractivity contribution in [2.24, 2.45) is 5.73 Å². The molecule has 0 spiro atoms. The smallest absolute Gasteiger partial charge is 0.0783 e. The summed E-state index contributed by atoms with van der Waals surface area (Å²) in [5.74, 6) is 0. The molecule has 1 aromatic heterocycles. The van der Waals surface area contributed by atoms with Gasteiger partial charge in [0.05, 0.1) is 24.0 Å². The zero-order valence-corrected chi connectivity index (χ0v) is 11.1. The van der Waals surface area contributed by atoms with Gasteiger partial charge in [0.25, 0.3) is 0 Å². The summed E-state index contributed by atoms with van der Waals surface area (Å²) in [7, 11) is 0. The molecule has 5 heteroatoms. The number of aryl methyl sites for hydroxylation is 1. The van der Waals surface area contributed by atoms with E-state index >= 15 is 0 Å². The Morgan fingerprint density at radius 3 is 2.71 bits per heavy atom. The molecule has 0 fully saturated rings. The van der Waals surface area contributed by atoms with Gasteiger partial charge in [-0.3, -0.25) is 0 Å². The van der Waals surface area contributed by atoms with E-state index in [1.54, 1.807) is 6.20 Å². The molecule has 0 aliphatic heterocycles. The highest BCUT2D eigenvalue weighted by Gasteiger charge is 2.22. The second-order valence-electron chi connectivity index (χ2n) is 4.19. The topological polar surface area (TPSA) is 66.0 Å². The van der Waals surface area contributed by atoms with Gasteiger partial charge in [0.15, 0.2) is 0 Å². The van der Waals surface area contributed by atoms with E-state index < -0.39 is 0 Å². The third-order valence-electron chi connectivity index (χ3n) is 2.78. The Morgan fingerprint density at radius 1 is 1.35 bits per heavy atom. The first kappa shape index (κ1) is 14.1. The molecule has 0 saturated carbocycles. The molecule has 0 aromatic carbocycles. The van der Waals surface area contributed by atoms with Crippen molar-refractivity contribution in [3.05, 3.63) is 11.9 Å². The largest absolute Gasteiger partial charge is 0.376 e. The molecule has 2 unspecified atom stereocenters. The van der Waals surface area contributed by atoms with Crippen molar-refractivity contribution in [1.82, 2.24) is 15.0 Å². The van der Waals surface area contributed by atoms with Crippen LogP contribution in [0.25, 0.3) is 0 Å². The first-order valence-electron chi connectivity index (χ1n) is 6.50. The number of rotatable bonds is 8. The Labute approximate surface area is 103 Å². The lowest BCUT2D eigenvalue weighted by molar-refractivity contribution is 0.0354. The average molecular weight is 240 g/mol. The molecule has 1 aromatic rings. The van der Waals surface area contributed by atoms with Gasteiger partial charge in [0, 0.05) is 13.2 Å². The van der Waals surface area contributed by atoms with Gasteiger partial charge in [-0.2, -0.15) is 0 Å². The van der Waals surface area contributed by atoms with Crippen LogP contribution < -0.4 is 5.73 Å². The number of nitrogens with zero attached hydrogens (tertiary/aromatic N) is 3. The van der Waals surface area contributed by atoms with Gasteiger partial charge in [0.2, 0.25) is 0 Å². The normalized spacial score (nSPS) is 14.8. The third kappa shape index (κ3) is 3.78. The van der Waals surface area contributed by atoms with Gasteiger partial charge in [-0.25, -0.2) is 4.68 Å². The fraction of sp³-hybridized carbons (Fsp3) is 0.833. The lowest BCUT2D eigenvalue weighted by atomic mass is 10.0. The zero-order chi connectivity index (χ0) is 12.7. The second kappa shape index (κ2) is 7.40. The monoisotopic (exact) mass is 240 g/mol. The number of hydrogen-bond acceptors (Lipinski definition) is 4. The predicted molar refractivity (Wildman–Crippen MR) is 67.6 cm³/mol. The molecule has 17 heavy (non-hydrogen) atoms. The average Bonchev–Trinajstić information content (AvgIpc) is 2.77. The minimum atomic E-state index is -0.142. The van der Waals surface area contributed by atoms with E-state index in [2.05, 4.69) is 24.2 Å². The predicted octanol–water partition coefficient (Wildman–Crippen LogP) is 1.89. The maximum absolute atomic E-state index is 6.26. The van der Waals surface area contributed by atoms with Crippen LogP contribution in [0.4, 0.5) is 0 Å². The van der Waals surface area contributed by atoms with Crippen LogP contribution in [-0.4, -0.2) is 27.7 Å². The van der Waals surface area contributed by atoms with Crippen molar-refractivity contribution >= 4 is 0 Å². The van der Waals surface area contributed by atoms with Crippen molar-refractivity contribution in [3.63, 3.8) is 0 Å². The van der Waals surface area contributed by atoms with E-state index in [4.69, 9.17) is 10.5 Å². The minimum Gasteiger partial charge on any atom is -0.376 e. The molecular weight excluding hydrogens is 216 g/mol. The highest BCUT2D eigenvalue weighted by atomic mass is 16.5. The Balaban J connectivity index is 2.76. The molecule has 5 nitrogen and oxygen atoms in total. The summed E-state index contributed by atoms with van der Waals surface area (Å²) in [6.45, 7) is 7.79. The second-order valence-corrected chi connectivity index (χ2v) is 4.19. The van der Waals surface area contributed by atoms with Gasteiger partial charge in [-0.05, 0) is 19.8 Å². The SMILES string of the molecule is CCCC(OCC)C(N)c1cnnn1CCC. The zero-order valence-electron chi connectivity index (χ0n) is 11.1. The summed E-state index contributed by atoms with van der Waals surface area (Å²) >= 11 is 0. The molecular formula is C12H24N4O. The fourth-order valence-corrected chi connectivity index (χ4v) is 1.96. The fourth-order valence-electron chi connectivity index (χ4n) is 1.96. The maximum atomic E-state index is 6.26. The summed E-state index contributed by atoms with van der Waals surface area (Å²) in [5, 5.41) is 8.00. The van der Waals surface area contributed by atoms with Crippen molar-refractivity contribution in [2.75, 3.05) is 6.61 Å². The summed E-state index contributed by atoms with van der Waals surface area (Å²) in [6, 6.07) is -0.142. The van der Waals surface area contributed by atoms with E-state index in [0.717, 1.165) is 31.5 Å². The molecule has 0 aliphatic carbocycles. The number of nitrogens with two attached hydrogens (primary N) is 1. The molecule has 2 atom stereocenters. The molecule has 0 radical (unpaired) electrons. The third-order valence-corrected chi connectivity index (χ3v) is 2.78. The van der Waals surface area contributed by atoms with Crippen LogP contribution in [0, 0.1) is 0 Å². The first-order valence-corrected chi connectivity index (χ1v) is 6.50. The van der Waals surface area contributed by atoms with Gasteiger partial charge in [0.1, 0.15) is 0 Å². The lowest BCUT2D eigenvalue weighted by Crippen LogP contribution is -2.31. The molecule has 0 aliphatic rings. The van der Waals surface area contributed by atoms with Gasteiger partial charge in [-0.15, -0.1) is 5.10 Å². The number of hydrogen-bond donors (Lipinski definition) is 1. The van der Waals surface area contributed by atoms with E-state index in [1.165, 1.54) is 0 Å². The van der Waals surface area contributed by atoms with Crippen LogP contribution in [0.5, 0.6) is 0 Å². The summed E-state index contributed by atoms with van der Waals surface area (Å²) in [4.78, 5) is 0. The van der Waals surface area contributed by atoms with Crippen LogP contribution in [0.3, 0.4) is 0 Å². The molecule has 2 N–H and O–H groups in total. The van der Waals surface area contributed by atoms with E-state index in [1.807, 2.05) is 11.6 Å². The summed E-state index contributed by atoms with van der Waals surface area (Å²) < 4.78 is 7.59. The van der Waals surface area contributed by atoms with Crippen LogP contribution in [0.15, 0.2) is 6.20 Å². The van der Waals surface area contributed by atoms with Gasteiger partial charge >= 0.3 is 0 Å². The Kier molecular flexibility index (Phi) is 6.15. The quantitative estimate of drug-likeness (QED) is 0.753. The van der Waals surface area contributed by atoms with Gasteiger partial charge < -0.3 is 10.5 Å². The number of ether oxygens (including phenoxy) is 1. The van der Waals surface area contributed by atoms with Crippen LogP contribution in [0.1, 0.15) is 51.8 Å². The Hall–Kier alpha value is -0.940. The summed E-state index contributed by atoms with van der Waals surface area (Å²) in [5.41, 5.74) is 7.23. The lowest BCUT2D eigenvalue weighted by Gasteiger charge is -2.23. The minimum absolute atomic E-state index is 0.0547. The highest BCUT2D eigenvalue weighted by molar-refractivity contribution is 5.04. The molecule has 98 valence electrons. The van der Waals surface area contributed by atoms with Crippen molar-refractivity contribution in [2.45, 2.75) is 58.7 Å². The van der Waals surface area contributed by atoms with E-state index in [0.29, 0.717) is 6.61 Å². The van der Waals surface area contributed by atoms with Gasteiger partial charge in [-0.1, -0.05) is 25.5 Å². The molecule has 1 rings (SSSR count). The van der Waals surface area contributed by atoms with E-state index in [-0.39, 0.29) is 12.1 Å². The van der Waals surface area contributed by atoms with Crippen LogP contribution >= 0.6 is 0 Å². The van der Waals surface area contributed by atoms with Crippen LogP contribution in [-0.2, 0) is 11.3 Å². The first-order chi connectivity index (χ1) is 8.24. The molecule has 1 heterocycles. The standard InChI is InChI=1S/C12H24N4O/c1-4-7-11(17-6-3)12(13)10-9-14-15-16(10)8-5-2/h9,11-12H,4-8,13H2,1-3H3. The highest BCUT2D eigenvalue weighted by Crippen LogP contribution is 2.19.